The highest BCUT2D eigenvalue weighted by Crippen LogP contribution is 2.37. The molecule has 0 aliphatic carbocycles. The van der Waals surface area contributed by atoms with Gasteiger partial charge in [-0.25, -0.2) is 24.5 Å². The van der Waals surface area contributed by atoms with E-state index in [-0.39, 0.29) is 24.3 Å². The van der Waals surface area contributed by atoms with Gasteiger partial charge in [0.25, 0.3) is 0 Å². The van der Waals surface area contributed by atoms with Crippen LogP contribution in [-0.2, 0) is 9.47 Å². The summed E-state index contributed by atoms with van der Waals surface area (Å²) in [6, 6.07) is 11.6. The van der Waals surface area contributed by atoms with Crippen LogP contribution in [0.1, 0.15) is 91.5 Å². The molecule has 2 saturated heterocycles. The van der Waals surface area contributed by atoms with Gasteiger partial charge in [0.1, 0.15) is 22.9 Å². The molecule has 0 radical (unpaired) electrons. The predicted octanol–water partition coefficient (Wildman–Crippen LogP) is 7.95. The molecule has 7 rings (SSSR count). The maximum Gasteiger partial charge on any atom is 0.410 e. The average Bonchev–Trinajstić information content (AvgIpc) is 3.83. The van der Waals surface area contributed by atoms with Gasteiger partial charge in [-0.3, -0.25) is 14.8 Å². The maximum atomic E-state index is 13.0. The van der Waals surface area contributed by atoms with E-state index in [0.717, 1.165) is 75.5 Å². The van der Waals surface area contributed by atoms with Crippen LogP contribution in [0, 0.1) is 5.92 Å². The summed E-state index contributed by atoms with van der Waals surface area (Å²) in [5.74, 6) is 1.85. The Morgan fingerprint density at radius 3 is 2.24 bits per heavy atom. The van der Waals surface area contributed by atoms with Gasteiger partial charge in [-0.05, 0) is 91.0 Å². The first kappa shape index (κ1) is 32.5. The smallest absolute Gasteiger partial charge is 0.410 e. The van der Waals surface area contributed by atoms with Crippen molar-refractivity contribution in [1.29, 1.82) is 0 Å². The molecule has 49 heavy (non-hydrogen) atoms. The quantitative estimate of drug-likeness (QED) is 0.197. The molecule has 12 nitrogen and oxygen atoms in total. The molecule has 3 aromatic heterocycles. The van der Waals surface area contributed by atoms with Gasteiger partial charge in [-0.2, -0.15) is 0 Å². The first-order valence-electron chi connectivity index (χ1n) is 17.0. The van der Waals surface area contributed by atoms with Gasteiger partial charge >= 0.3 is 12.2 Å². The lowest BCUT2D eigenvalue weighted by molar-refractivity contribution is 0.0206. The first-order valence-corrected chi connectivity index (χ1v) is 17.0. The Labute approximate surface area is 285 Å². The number of likely N-dealkylation sites (tertiary alicyclic amines) is 2. The maximum absolute atomic E-state index is 13.0. The summed E-state index contributed by atoms with van der Waals surface area (Å²) in [5.41, 5.74) is 5.55. The second-order valence-corrected chi connectivity index (χ2v) is 15.3. The van der Waals surface area contributed by atoms with E-state index >= 15 is 0 Å². The summed E-state index contributed by atoms with van der Waals surface area (Å²) < 4.78 is 11.3. The third-order valence-electron chi connectivity index (χ3n) is 8.89. The fraction of sp³-hybridized carbons (Fsp3) is 0.459. The zero-order chi connectivity index (χ0) is 34.7. The van der Waals surface area contributed by atoms with E-state index in [1.807, 2.05) is 77.9 Å². The second-order valence-electron chi connectivity index (χ2n) is 15.3. The number of carbonyl (C=O) groups excluding carboxylic acids is 2. The van der Waals surface area contributed by atoms with E-state index in [1.54, 1.807) is 22.2 Å². The van der Waals surface area contributed by atoms with Crippen LogP contribution in [0.3, 0.4) is 0 Å². The minimum Gasteiger partial charge on any atom is -0.444 e. The summed E-state index contributed by atoms with van der Waals surface area (Å²) in [5, 5.41) is 0. The molecule has 0 saturated carbocycles. The molecule has 0 spiro atoms. The van der Waals surface area contributed by atoms with Crippen LogP contribution < -0.4 is 0 Å². The number of fused-ring (bicyclic) bond motifs is 2. The number of rotatable bonds is 4. The number of hydrogen-bond donors (Lipinski definition) is 2. The minimum absolute atomic E-state index is 0.156. The number of nitrogens with zero attached hydrogens (tertiary/aromatic N) is 6. The molecule has 12 heteroatoms. The molecule has 0 unspecified atom stereocenters. The van der Waals surface area contributed by atoms with E-state index < -0.39 is 11.2 Å². The number of H-pyrrole nitrogens is 2. The van der Waals surface area contributed by atoms with Crippen molar-refractivity contribution >= 4 is 34.3 Å². The van der Waals surface area contributed by atoms with E-state index in [0.29, 0.717) is 19.0 Å². The van der Waals surface area contributed by atoms with E-state index in [2.05, 4.69) is 21.9 Å². The number of aromatic nitrogens is 6. The Bertz CT molecular complexity index is 2040. The van der Waals surface area contributed by atoms with Gasteiger partial charge in [0.2, 0.25) is 0 Å². The number of aromatic amines is 2. The van der Waals surface area contributed by atoms with Crippen LogP contribution in [0.15, 0.2) is 48.8 Å². The van der Waals surface area contributed by atoms with Crippen molar-refractivity contribution < 1.29 is 19.1 Å². The van der Waals surface area contributed by atoms with Crippen molar-refractivity contribution in [3.05, 3.63) is 60.4 Å². The predicted molar refractivity (Wildman–Crippen MR) is 187 cm³/mol. The molecule has 2 amide bonds. The minimum atomic E-state index is -0.564. The molecule has 0 bridgehead atoms. The topological polar surface area (TPSA) is 142 Å². The van der Waals surface area contributed by atoms with Gasteiger partial charge in [0.05, 0.1) is 57.9 Å². The number of ether oxygens (including phenoxy) is 2. The van der Waals surface area contributed by atoms with E-state index in [9.17, 15) is 9.59 Å². The van der Waals surface area contributed by atoms with Crippen molar-refractivity contribution in [2.45, 2.75) is 91.0 Å². The van der Waals surface area contributed by atoms with Gasteiger partial charge in [0, 0.05) is 24.2 Å². The molecular formula is C37H44N8O4. The highest BCUT2D eigenvalue weighted by Gasteiger charge is 2.38. The summed E-state index contributed by atoms with van der Waals surface area (Å²) in [4.78, 5) is 55.5. The molecule has 2 aliphatic heterocycles. The Hall–Kier alpha value is -5.00. The van der Waals surface area contributed by atoms with Crippen LogP contribution in [0.2, 0.25) is 0 Å². The van der Waals surface area contributed by atoms with Crippen molar-refractivity contribution in [2.75, 3.05) is 13.1 Å². The number of nitrogens with one attached hydrogen (secondary N) is 2. The number of hydrogen-bond acceptors (Lipinski definition) is 8. The van der Waals surface area contributed by atoms with Gasteiger partial charge in [-0.1, -0.05) is 19.1 Å². The van der Waals surface area contributed by atoms with Crippen LogP contribution in [-0.4, -0.2) is 76.2 Å². The number of benzene rings is 2. The average molecular weight is 665 g/mol. The van der Waals surface area contributed by atoms with E-state index in [4.69, 9.17) is 24.4 Å². The van der Waals surface area contributed by atoms with Crippen LogP contribution in [0.5, 0.6) is 0 Å². The zero-order valence-corrected chi connectivity index (χ0v) is 29.2. The van der Waals surface area contributed by atoms with Crippen molar-refractivity contribution in [2.24, 2.45) is 5.92 Å². The highest BCUT2D eigenvalue weighted by atomic mass is 16.6. The Morgan fingerprint density at radius 1 is 0.776 bits per heavy atom. The zero-order valence-electron chi connectivity index (χ0n) is 29.2. The Balaban J connectivity index is 1.09. The molecule has 2 fully saturated rings. The molecule has 5 heterocycles. The molecular weight excluding hydrogens is 620 g/mol. The molecule has 2 aliphatic rings. The second kappa shape index (κ2) is 12.2. The largest absolute Gasteiger partial charge is 0.444 e. The van der Waals surface area contributed by atoms with Gasteiger partial charge in [0.15, 0.2) is 0 Å². The standard InChI is InChI=1S/C37H44N8O4/c1-21-15-31(45(20-21)35(47)49-37(5,6)7)32-39-19-29(43-32)22-10-12-24-26(16-22)38-18-28(40-24)23-11-13-25-27(17-23)42-33(41-25)30-9-8-14-44(30)34(46)48-36(2,3)4/h10-13,16-19,21,30-31H,8-9,14-15,20H2,1-7H3,(H,39,43)(H,41,42)/t21-,30+,31+/m1/s1. The van der Waals surface area contributed by atoms with Crippen molar-refractivity contribution in [3.63, 3.8) is 0 Å². The molecule has 2 N–H and O–H groups in total. The van der Waals surface area contributed by atoms with Crippen molar-refractivity contribution in [3.8, 4) is 22.5 Å². The summed E-state index contributed by atoms with van der Waals surface area (Å²) in [7, 11) is 0. The lowest BCUT2D eigenvalue weighted by Crippen LogP contribution is -2.37. The lowest BCUT2D eigenvalue weighted by atomic mass is 10.1. The third kappa shape index (κ3) is 6.81. The van der Waals surface area contributed by atoms with Crippen LogP contribution in [0.4, 0.5) is 9.59 Å². The highest BCUT2D eigenvalue weighted by molar-refractivity contribution is 5.85. The summed E-state index contributed by atoms with van der Waals surface area (Å²) >= 11 is 0. The normalized spacial score (nSPS) is 20.0. The van der Waals surface area contributed by atoms with Gasteiger partial charge < -0.3 is 19.4 Å². The summed E-state index contributed by atoms with van der Waals surface area (Å²) in [6.45, 7) is 14.7. The lowest BCUT2D eigenvalue weighted by Gasteiger charge is -2.27. The molecule has 256 valence electrons. The third-order valence-corrected chi connectivity index (χ3v) is 8.89. The number of amides is 2. The number of imidazole rings is 2. The number of carbonyl (C=O) groups is 2. The van der Waals surface area contributed by atoms with Crippen molar-refractivity contribution in [1.82, 2.24) is 39.7 Å². The fourth-order valence-corrected chi connectivity index (χ4v) is 6.73. The monoisotopic (exact) mass is 664 g/mol. The van der Waals surface area contributed by atoms with Gasteiger partial charge in [-0.15, -0.1) is 0 Å². The molecule has 5 aromatic rings. The Morgan fingerprint density at radius 2 is 1.49 bits per heavy atom. The fourth-order valence-electron chi connectivity index (χ4n) is 6.73. The Kier molecular flexibility index (Phi) is 8.07. The summed E-state index contributed by atoms with van der Waals surface area (Å²) in [6.07, 6.45) is 5.50. The van der Waals surface area contributed by atoms with Crippen LogP contribution >= 0.6 is 0 Å². The SMILES string of the molecule is C[C@@H]1C[C@@H](c2ncc(-c3ccc4nc(-c5ccc6nc([C@@H]7CCCN7C(=O)OC(C)(C)C)[nH]c6c5)cnc4c3)[nH]2)N(C(=O)OC(C)(C)C)C1. The van der Waals surface area contributed by atoms with Crippen LogP contribution in [0.25, 0.3) is 44.6 Å². The molecule has 3 atom stereocenters. The van der Waals surface area contributed by atoms with E-state index in [1.165, 1.54) is 0 Å². The molecule has 2 aromatic carbocycles. The first-order chi connectivity index (χ1) is 23.2.